The van der Waals surface area contributed by atoms with Gasteiger partial charge in [-0.2, -0.15) is 4.72 Å². The van der Waals surface area contributed by atoms with Gasteiger partial charge in [-0.25, -0.2) is 8.42 Å². The topological polar surface area (TPSA) is 93.7 Å². The summed E-state index contributed by atoms with van der Waals surface area (Å²) in [6, 6.07) is 3.60. The molecule has 1 aromatic carbocycles. The minimum Gasteiger partial charge on any atom is -0.486 e. The van der Waals surface area contributed by atoms with Gasteiger partial charge in [-0.05, 0) is 31.4 Å². The summed E-state index contributed by atoms with van der Waals surface area (Å²) in [5, 5.41) is 2.93. The fraction of sp³-hybridized carbons (Fsp3) is 0.650. The predicted molar refractivity (Wildman–Crippen MR) is 108 cm³/mol. The molecule has 0 saturated heterocycles. The van der Waals surface area contributed by atoms with Crippen LogP contribution in [0.4, 0.5) is 0 Å². The molecule has 1 heterocycles. The SMILES string of the molecule is CCCCC[C@H](C)NC(=O)[C@@H](NS(=O)(=O)c1ccc2c(c1)OCCO2)C(C)C. The Morgan fingerprint density at radius 1 is 1.11 bits per heavy atom. The highest BCUT2D eigenvalue weighted by Gasteiger charge is 2.29. The second-order valence-electron chi connectivity index (χ2n) is 7.55. The van der Waals surface area contributed by atoms with E-state index >= 15 is 0 Å². The maximum absolute atomic E-state index is 12.8. The van der Waals surface area contributed by atoms with Crippen LogP contribution in [-0.2, 0) is 14.8 Å². The molecule has 1 aliphatic rings. The fourth-order valence-electron chi connectivity index (χ4n) is 3.02. The van der Waals surface area contributed by atoms with Crippen LogP contribution >= 0.6 is 0 Å². The summed E-state index contributed by atoms with van der Waals surface area (Å²) in [7, 11) is -3.89. The van der Waals surface area contributed by atoms with E-state index in [2.05, 4.69) is 17.0 Å². The first-order valence-corrected chi connectivity index (χ1v) is 11.4. The third-order valence-electron chi connectivity index (χ3n) is 4.68. The molecular weight excluding hydrogens is 380 g/mol. The van der Waals surface area contributed by atoms with E-state index in [-0.39, 0.29) is 22.8 Å². The molecule has 0 saturated carbocycles. The molecule has 2 rings (SSSR count). The molecule has 1 aromatic rings. The zero-order valence-corrected chi connectivity index (χ0v) is 18.0. The van der Waals surface area contributed by atoms with Crippen molar-refractivity contribution in [3.05, 3.63) is 18.2 Å². The molecule has 0 bridgehead atoms. The van der Waals surface area contributed by atoms with Crippen molar-refractivity contribution in [1.82, 2.24) is 10.0 Å². The lowest BCUT2D eigenvalue weighted by Crippen LogP contribution is -2.51. The Morgan fingerprint density at radius 2 is 1.79 bits per heavy atom. The van der Waals surface area contributed by atoms with Crippen LogP contribution in [0.3, 0.4) is 0 Å². The number of rotatable bonds is 10. The van der Waals surface area contributed by atoms with Crippen LogP contribution < -0.4 is 19.5 Å². The van der Waals surface area contributed by atoms with Crippen molar-refractivity contribution in [2.24, 2.45) is 5.92 Å². The van der Waals surface area contributed by atoms with Gasteiger partial charge < -0.3 is 14.8 Å². The summed E-state index contributed by atoms with van der Waals surface area (Å²) < 4.78 is 39.1. The number of benzene rings is 1. The fourth-order valence-corrected chi connectivity index (χ4v) is 4.38. The summed E-state index contributed by atoms with van der Waals surface area (Å²) in [6.07, 6.45) is 4.14. The molecule has 2 atom stereocenters. The number of hydrogen-bond donors (Lipinski definition) is 2. The number of nitrogens with one attached hydrogen (secondary N) is 2. The van der Waals surface area contributed by atoms with Gasteiger partial charge in [-0.3, -0.25) is 4.79 Å². The van der Waals surface area contributed by atoms with Crippen molar-refractivity contribution in [2.45, 2.75) is 70.4 Å². The Kier molecular flexibility index (Phi) is 8.12. The molecule has 0 aliphatic carbocycles. The lowest BCUT2D eigenvalue weighted by atomic mass is 10.0. The summed E-state index contributed by atoms with van der Waals surface area (Å²) in [5.74, 6) is 0.406. The van der Waals surface area contributed by atoms with Crippen molar-refractivity contribution >= 4 is 15.9 Å². The lowest BCUT2D eigenvalue weighted by molar-refractivity contribution is -0.124. The summed E-state index contributed by atoms with van der Waals surface area (Å²) in [4.78, 5) is 12.7. The third kappa shape index (κ3) is 6.10. The summed E-state index contributed by atoms with van der Waals surface area (Å²) >= 11 is 0. The molecule has 28 heavy (non-hydrogen) atoms. The number of carbonyl (C=O) groups is 1. The Morgan fingerprint density at radius 3 is 2.43 bits per heavy atom. The number of amides is 1. The van der Waals surface area contributed by atoms with Crippen LogP contribution in [0.25, 0.3) is 0 Å². The van der Waals surface area contributed by atoms with Gasteiger partial charge in [0.25, 0.3) is 0 Å². The van der Waals surface area contributed by atoms with Crippen LogP contribution in [0.2, 0.25) is 0 Å². The van der Waals surface area contributed by atoms with Gasteiger partial charge in [0, 0.05) is 12.1 Å². The van der Waals surface area contributed by atoms with Crippen LogP contribution in [0.5, 0.6) is 11.5 Å². The van der Waals surface area contributed by atoms with E-state index in [1.807, 2.05) is 20.8 Å². The lowest BCUT2D eigenvalue weighted by Gasteiger charge is -2.24. The quantitative estimate of drug-likeness (QED) is 0.577. The average molecular weight is 413 g/mol. The van der Waals surface area contributed by atoms with Gasteiger partial charge in [-0.15, -0.1) is 0 Å². The van der Waals surface area contributed by atoms with Gasteiger partial charge in [0.05, 0.1) is 4.90 Å². The Bertz CT molecular complexity index is 764. The van der Waals surface area contributed by atoms with Gasteiger partial charge in [0.2, 0.25) is 15.9 Å². The Balaban J connectivity index is 2.08. The summed E-state index contributed by atoms with van der Waals surface area (Å²) in [6.45, 7) is 8.52. The number of ether oxygens (including phenoxy) is 2. The van der Waals surface area contributed by atoms with Crippen LogP contribution in [0.1, 0.15) is 53.4 Å². The normalized spacial score (nSPS) is 15.9. The monoisotopic (exact) mass is 412 g/mol. The predicted octanol–water partition coefficient (Wildman–Crippen LogP) is 2.85. The van der Waals surface area contributed by atoms with Gasteiger partial charge in [0.1, 0.15) is 19.3 Å². The molecule has 0 spiro atoms. The van der Waals surface area contributed by atoms with Crippen LogP contribution in [0.15, 0.2) is 23.1 Å². The second kappa shape index (κ2) is 10.1. The first kappa shape index (κ1) is 22.5. The van der Waals surface area contributed by atoms with Gasteiger partial charge in [0.15, 0.2) is 11.5 Å². The molecule has 0 unspecified atom stereocenters. The number of unbranched alkanes of at least 4 members (excludes halogenated alkanes) is 2. The van der Waals surface area contributed by atoms with Crippen LogP contribution in [0, 0.1) is 5.92 Å². The largest absolute Gasteiger partial charge is 0.486 e. The zero-order valence-electron chi connectivity index (χ0n) is 17.2. The highest BCUT2D eigenvalue weighted by atomic mass is 32.2. The third-order valence-corrected chi connectivity index (χ3v) is 6.12. The Labute approximate surface area is 168 Å². The van der Waals surface area contributed by atoms with E-state index in [0.29, 0.717) is 24.7 Å². The van der Waals surface area contributed by atoms with Crippen molar-refractivity contribution in [1.29, 1.82) is 0 Å². The average Bonchev–Trinajstić information content (AvgIpc) is 2.65. The molecular formula is C20H32N2O5S. The number of hydrogen-bond acceptors (Lipinski definition) is 5. The minimum atomic E-state index is -3.89. The number of carbonyl (C=O) groups excluding carboxylic acids is 1. The highest BCUT2D eigenvalue weighted by Crippen LogP contribution is 2.32. The molecule has 0 aromatic heterocycles. The maximum Gasteiger partial charge on any atom is 0.241 e. The highest BCUT2D eigenvalue weighted by molar-refractivity contribution is 7.89. The first-order chi connectivity index (χ1) is 13.2. The summed E-state index contributed by atoms with van der Waals surface area (Å²) in [5.41, 5.74) is 0. The van der Waals surface area contributed by atoms with E-state index in [1.54, 1.807) is 6.07 Å². The minimum absolute atomic E-state index is 0.000836. The maximum atomic E-state index is 12.8. The van der Waals surface area contributed by atoms with Crippen molar-refractivity contribution in [2.75, 3.05) is 13.2 Å². The molecule has 2 N–H and O–H groups in total. The number of fused-ring (bicyclic) bond motifs is 1. The van der Waals surface area contributed by atoms with Crippen LogP contribution in [-0.4, -0.2) is 39.6 Å². The Hall–Kier alpha value is -1.80. The van der Waals surface area contributed by atoms with Gasteiger partial charge in [-0.1, -0.05) is 40.0 Å². The zero-order chi connectivity index (χ0) is 20.7. The standard InChI is InChI=1S/C20H32N2O5S/c1-5-6-7-8-15(4)21-20(23)19(14(2)3)22-28(24,25)16-9-10-17-18(13-16)27-12-11-26-17/h9-10,13-15,19,22H,5-8,11-12H2,1-4H3,(H,21,23)/t15-,19-/m0/s1. The molecule has 1 amide bonds. The molecule has 0 fully saturated rings. The van der Waals surface area contributed by atoms with Crippen molar-refractivity contribution < 1.29 is 22.7 Å². The van der Waals surface area contributed by atoms with Crippen molar-refractivity contribution in [3.63, 3.8) is 0 Å². The van der Waals surface area contributed by atoms with E-state index in [1.165, 1.54) is 12.1 Å². The molecule has 0 radical (unpaired) electrons. The van der Waals surface area contributed by atoms with Gasteiger partial charge >= 0.3 is 0 Å². The number of sulfonamides is 1. The molecule has 7 nitrogen and oxygen atoms in total. The van der Waals surface area contributed by atoms with E-state index in [9.17, 15) is 13.2 Å². The van der Waals surface area contributed by atoms with Crippen molar-refractivity contribution in [3.8, 4) is 11.5 Å². The molecule has 1 aliphatic heterocycles. The smallest absolute Gasteiger partial charge is 0.241 e. The van der Waals surface area contributed by atoms with E-state index in [0.717, 1.165) is 25.7 Å². The molecule has 8 heteroatoms. The van der Waals surface area contributed by atoms with E-state index < -0.39 is 16.1 Å². The van der Waals surface area contributed by atoms with E-state index in [4.69, 9.17) is 9.47 Å². The first-order valence-electron chi connectivity index (χ1n) is 9.97. The second-order valence-corrected chi connectivity index (χ2v) is 9.27. The molecule has 158 valence electrons.